The van der Waals surface area contributed by atoms with E-state index >= 15 is 0 Å². The summed E-state index contributed by atoms with van der Waals surface area (Å²) in [5.41, 5.74) is 6.54. The monoisotopic (exact) mass is 329 g/mol. The molecular formula is C13H10Cl3N3O. The van der Waals surface area contributed by atoms with E-state index in [0.29, 0.717) is 11.4 Å². The van der Waals surface area contributed by atoms with Crippen LogP contribution in [0.2, 0.25) is 0 Å². The quantitative estimate of drug-likeness (QED) is 0.672. The van der Waals surface area contributed by atoms with E-state index in [1.54, 1.807) is 12.1 Å². The Morgan fingerprint density at radius 1 is 1.15 bits per heavy atom. The molecule has 2 N–H and O–H groups in total. The van der Waals surface area contributed by atoms with Crippen molar-refractivity contribution in [3.8, 4) is 11.4 Å². The summed E-state index contributed by atoms with van der Waals surface area (Å²) in [5.74, 6) is -0.0643. The number of ketones is 1. The first-order valence-electron chi connectivity index (χ1n) is 5.61. The van der Waals surface area contributed by atoms with Gasteiger partial charge < -0.3 is 5.73 Å². The molecule has 0 fully saturated rings. The number of alkyl halides is 3. The van der Waals surface area contributed by atoms with Gasteiger partial charge in [0.2, 0.25) is 3.79 Å². The Labute approximate surface area is 130 Å². The highest BCUT2D eigenvalue weighted by Gasteiger charge is 2.32. The molecule has 104 valence electrons. The number of carbonyl (C=O) groups is 1. The standard InChI is InChI=1S/C13H10Cl3N3O/c1-7(20)9-10(13(14,15)16)18-12(19-11(9)17)8-5-3-2-4-6-8/h2-6H,1H3,(H2,17,18,19). The molecule has 0 aliphatic carbocycles. The molecule has 0 aliphatic rings. The van der Waals surface area contributed by atoms with E-state index in [2.05, 4.69) is 9.97 Å². The Bertz CT molecular complexity index is 654. The number of nitrogens with two attached hydrogens (primary N) is 1. The SMILES string of the molecule is CC(=O)c1c(N)nc(-c2ccccc2)nc1C(Cl)(Cl)Cl. The predicted octanol–water partition coefficient (Wildman–Crippen LogP) is 3.76. The summed E-state index contributed by atoms with van der Waals surface area (Å²) in [5, 5.41) is 0. The second kappa shape index (κ2) is 5.56. The smallest absolute Gasteiger partial charge is 0.233 e. The maximum absolute atomic E-state index is 11.6. The van der Waals surface area contributed by atoms with E-state index in [-0.39, 0.29) is 22.9 Å². The Morgan fingerprint density at radius 3 is 2.25 bits per heavy atom. The average molecular weight is 331 g/mol. The van der Waals surface area contributed by atoms with Crippen molar-refractivity contribution >= 4 is 46.4 Å². The Morgan fingerprint density at radius 2 is 1.75 bits per heavy atom. The van der Waals surface area contributed by atoms with Crippen LogP contribution in [0.25, 0.3) is 11.4 Å². The molecule has 0 saturated carbocycles. The van der Waals surface area contributed by atoms with Gasteiger partial charge in [-0.25, -0.2) is 9.97 Å². The number of nitrogens with zero attached hydrogens (tertiary/aromatic N) is 2. The molecule has 0 spiro atoms. The predicted molar refractivity (Wildman–Crippen MR) is 81.1 cm³/mol. The second-order valence-corrected chi connectivity index (χ2v) is 6.36. The van der Waals surface area contributed by atoms with Gasteiger partial charge in [0.1, 0.15) is 11.5 Å². The molecule has 0 amide bonds. The number of aromatic nitrogens is 2. The molecule has 4 nitrogen and oxygen atoms in total. The lowest BCUT2D eigenvalue weighted by Crippen LogP contribution is -2.16. The fourth-order valence-electron chi connectivity index (χ4n) is 1.75. The first-order valence-corrected chi connectivity index (χ1v) is 6.75. The summed E-state index contributed by atoms with van der Waals surface area (Å²) < 4.78 is -1.86. The minimum Gasteiger partial charge on any atom is -0.383 e. The van der Waals surface area contributed by atoms with E-state index in [1.165, 1.54) is 6.92 Å². The van der Waals surface area contributed by atoms with Crippen LogP contribution in [0.3, 0.4) is 0 Å². The van der Waals surface area contributed by atoms with Crippen LogP contribution in [0.4, 0.5) is 5.82 Å². The highest BCUT2D eigenvalue weighted by Crippen LogP contribution is 2.40. The number of halogens is 3. The molecule has 0 aliphatic heterocycles. The first kappa shape index (κ1) is 15.0. The largest absolute Gasteiger partial charge is 0.383 e. The minimum absolute atomic E-state index is 0.00678. The number of anilines is 1. The number of carbonyl (C=O) groups excluding carboxylic acids is 1. The molecule has 2 aromatic rings. The minimum atomic E-state index is -1.86. The summed E-state index contributed by atoms with van der Waals surface area (Å²) in [4.78, 5) is 19.9. The zero-order valence-electron chi connectivity index (χ0n) is 10.4. The Balaban J connectivity index is 2.71. The molecule has 0 saturated heterocycles. The van der Waals surface area contributed by atoms with Crippen molar-refractivity contribution in [2.24, 2.45) is 0 Å². The lowest BCUT2D eigenvalue weighted by atomic mass is 10.1. The zero-order chi connectivity index (χ0) is 14.9. The van der Waals surface area contributed by atoms with Crippen molar-refractivity contribution in [1.29, 1.82) is 0 Å². The fourth-order valence-corrected chi connectivity index (χ4v) is 2.16. The molecule has 0 bridgehead atoms. The molecule has 1 aromatic heterocycles. The van der Waals surface area contributed by atoms with Crippen LogP contribution in [0, 0.1) is 0 Å². The molecule has 2 rings (SSSR count). The van der Waals surface area contributed by atoms with Crippen molar-refractivity contribution in [3.05, 3.63) is 41.6 Å². The molecule has 0 radical (unpaired) electrons. The van der Waals surface area contributed by atoms with Crippen molar-refractivity contribution in [2.75, 3.05) is 5.73 Å². The van der Waals surface area contributed by atoms with E-state index in [9.17, 15) is 4.79 Å². The number of benzene rings is 1. The zero-order valence-corrected chi connectivity index (χ0v) is 12.7. The van der Waals surface area contributed by atoms with Crippen LogP contribution < -0.4 is 5.73 Å². The van der Waals surface area contributed by atoms with E-state index in [4.69, 9.17) is 40.5 Å². The molecular weight excluding hydrogens is 321 g/mol. The number of Topliss-reactive ketones (excluding diaryl/α,β-unsaturated/α-hetero) is 1. The van der Waals surface area contributed by atoms with Gasteiger partial charge in [-0.3, -0.25) is 4.79 Å². The van der Waals surface area contributed by atoms with Crippen molar-refractivity contribution < 1.29 is 4.79 Å². The van der Waals surface area contributed by atoms with Crippen LogP contribution >= 0.6 is 34.8 Å². The number of nitrogen functional groups attached to an aromatic ring is 1. The molecule has 0 unspecified atom stereocenters. The molecule has 1 aromatic carbocycles. The van der Waals surface area contributed by atoms with Gasteiger partial charge in [0, 0.05) is 5.56 Å². The topological polar surface area (TPSA) is 68.9 Å². The molecule has 0 atom stereocenters. The van der Waals surface area contributed by atoms with Crippen molar-refractivity contribution in [2.45, 2.75) is 10.7 Å². The van der Waals surface area contributed by atoms with Gasteiger partial charge in [0.25, 0.3) is 0 Å². The van der Waals surface area contributed by atoms with Crippen LogP contribution in [-0.4, -0.2) is 15.8 Å². The van der Waals surface area contributed by atoms with Crippen LogP contribution in [0.15, 0.2) is 30.3 Å². The second-order valence-electron chi connectivity index (χ2n) is 4.08. The summed E-state index contributed by atoms with van der Waals surface area (Å²) >= 11 is 17.6. The third-order valence-electron chi connectivity index (χ3n) is 2.59. The molecule has 20 heavy (non-hydrogen) atoms. The van der Waals surface area contributed by atoms with Gasteiger partial charge in [-0.2, -0.15) is 0 Å². The number of hydrogen-bond acceptors (Lipinski definition) is 4. The van der Waals surface area contributed by atoms with E-state index < -0.39 is 3.79 Å². The number of rotatable bonds is 2. The van der Waals surface area contributed by atoms with E-state index in [1.807, 2.05) is 18.2 Å². The molecule has 1 heterocycles. The first-order chi connectivity index (χ1) is 9.30. The van der Waals surface area contributed by atoms with Crippen molar-refractivity contribution in [1.82, 2.24) is 9.97 Å². The van der Waals surface area contributed by atoms with Gasteiger partial charge in [-0.05, 0) is 6.92 Å². The molecule has 7 heteroatoms. The normalized spacial score (nSPS) is 11.4. The third-order valence-corrected chi connectivity index (χ3v) is 3.13. The lowest BCUT2D eigenvalue weighted by Gasteiger charge is -2.16. The maximum atomic E-state index is 11.6. The summed E-state index contributed by atoms with van der Waals surface area (Å²) in [7, 11) is 0. The van der Waals surface area contributed by atoms with Crippen molar-refractivity contribution in [3.63, 3.8) is 0 Å². The van der Waals surface area contributed by atoms with Gasteiger partial charge in [-0.1, -0.05) is 65.1 Å². The number of hydrogen-bond donors (Lipinski definition) is 1. The van der Waals surface area contributed by atoms with Crippen LogP contribution in [0.1, 0.15) is 23.0 Å². The van der Waals surface area contributed by atoms with Gasteiger partial charge in [0.15, 0.2) is 11.6 Å². The average Bonchev–Trinajstić information content (AvgIpc) is 2.37. The highest BCUT2D eigenvalue weighted by atomic mass is 35.6. The van der Waals surface area contributed by atoms with Gasteiger partial charge >= 0.3 is 0 Å². The maximum Gasteiger partial charge on any atom is 0.233 e. The lowest BCUT2D eigenvalue weighted by molar-refractivity contribution is 0.101. The third kappa shape index (κ3) is 3.03. The Kier molecular flexibility index (Phi) is 4.18. The fraction of sp³-hybridized carbons (Fsp3) is 0.154. The summed E-state index contributed by atoms with van der Waals surface area (Å²) in [6.07, 6.45) is 0. The highest BCUT2D eigenvalue weighted by molar-refractivity contribution is 6.66. The van der Waals surface area contributed by atoms with Gasteiger partial charge in [0.05, 0.1) is 5.56 Å². The Hall–Kier alpha value is -1.36. The van der Waals surface area contributed by atoms with Crippen LogP contribution in [-0.2, 0) is 3.79 Å². The summed E-state index contributed by atoms with van der Waals surface area (Å²) in [6.45, 7) is 1.32. The van der Waals surface area contributed by atoms with Gasteiger partial charge in [-0.15, -0.1) is 0 Å². The van der Waals surface area contributed by atoms with Crippen LogP contribution in [0.5, 0.6) is 0 Å². The van der Waals surface area contributed by atoms with E-state index in [0.717, 1.165) is 0 Å². The summed E-state index contributed by atoms with van der Waals surface area (Å²) in [6, 6.07) is 9.09.